The quantitative estimate of drug-likeness (QED) is 0.102. The molecule has 0 saturated heterocycles. The van der Waals surface area contributed by atoms with E-state index >= 15 is 0 Å². The molecule has 2 nitrogen and oxygen atoms in total. The lowest BCUT2D eigenvalue weighted by molar-refractivity contribution is -0.722. The maximum atomic E-state index is 5.01. The number of aromatic nitrogens is 2. The van der Waals surface area contributed by atoms with E-state index in [1.54, 1.807) is 10.8 Å². The van der Waals surface area contributed by atoms with Gasteiger partial charge in [0.05, 0.1) is 19.6 Å². The van der Waals surface area contributed by atoms with Crippen molar-refractivity contribution >= 4 is 13.3 Å². The topological polar surface area (TPSA) is 7.76 Å². The van der Waals surface area contributed by atoms with Crippen LogP contribution in [0.3, 0.4) is 0 Å². The fourth-order valence-electron chi connectivity index (χ4n) is 9.81. The van der Waals surface area contributed by atoms with Gasteiger partial charge in [-0.1, -0.05) is 112 Å². The Bertz CT molecular complexity index is 2110. The molecule has 1 saturated carbocycles. The molecule has 0 amide bonds. The first-order valence-corrected chi connectivity index (χ1v) is 22.6. The SMILES string of the molecule is C=C1C[n+]2cc(C)c(-c3ccccc3)cc2-c2cc(C)cc(C)c2CCC2c3ccccc3-c3cc(CC4CCCC4)c([Si](C)(C)C)c[n+]3C12. The number of pyridine rings is 2. The highest BCUT2D eigenvalue weighted by molar-refractivity contribution is 6.89. The van der Waals surface area contributed by atoms with Crippen molar-refractivity contribution in [1.82, 2.24) is 0 Å². The van der Waals surface area contributed by atoms with Gasteiger partial charge in [0.25, 0.3) is 0 Å². The molecule has 8 rings (SSSR count). The van der Waals surface area contributed by atoms with Crippen molar-refractivity contribution in [3.63, 3.8) is 0 Å². The van der Waals surface area contributed by atoms with Crippen molar-refractivity contribution in [2.75, 3.05) is 0 Å². The van der Waals surface area contributed by atoms with Gasteiger partial charge < -0.3 is 0 Å². The van der Waals surface area contributed by atoms with Crippen LogP contribution in [-0.2, 0) is 19.4 Å². The van der Waals surface area contributed by atoms with E-state index in [2.05, 4.69) is 141 Å². The fourth-order valence-corrected chi connectivity index (χ4v) is 11.5. The van der Waals surface area contributed by atoms with E-state index < -0.39 is 8.07 Å². The predicted octanol–water partition coefficient (Wildman–Crippen LogP) is 10.3. The average Bonchev–Trinajstić information content (AvgIpc) is 3.60. The Hall–Kier alpha value is -4.08. The van der Waals surface area contributed by atoms with Gasteiger partial charge >= 0.3 is 0 Å². The Balaban J connectivity index is 1.34. The minimum absolute atomic E-state index is 0.192. The summed E-state index contributed by atoms with van der Waals surface area (Å²) in [7, 11) is -1.64. The van der Waals surface area contributed by atoms with Crippen LogP contribution in [-0.4, -0.2) is 8.07 Å². The number of nitrogens with zero attached hydrogens (tertiary/aromatic N) is 2. The van der Waals surface area contributed by atoms with E-state index in [0.717, 1.165) is 25.3 Å². The largest absolute Gasteiger partial charge is 0.213 e. The second-order valence-corrected chi connectivity index (χ2v) is 21.8. The van der Waals surface area contributed by atoms with E-state index in [-0.39, 0.29) is 6.04 Å². The van der Waals surface area contributed by atoms with Crippen LogP contribution < -0.4 is 14.3 Å². The normalized spacial score (nSPS) is 18.9. The summed E-state index contributed by atoms with van der Waals surface area (Å²) in [6, 6.07) is 30.4. The fraction of sp³-hybridized carbons (Fsp3) is 0.362. The zero-order valence-electron chi connectivity index (χ0n) is 31.2. The van der Waals surface area contributed by atoms with Crippen LogP contribution in [0.15, 0.2) is 103 Å². The summed E-state index contributed by atoms with van der Waals surface area (Å²) >= 11 is 0. The first kappa shape index (κ1) is 33.1. The molecule has 0 N–H and O–H groups in total. The monoisotopic (exact) mass is 674 g/mol. The van der Waals surface area contributed by atoms with Crippen molar-refractivity contribution in [3.8, 4) is 33.6 Å². The molecule has 1 fully saturated rings. The van der Waals surface area contributed by atoms with E-state index in [0.29, 0.717) is 5.92 Å². The van der Waals surface area contributed by atoms with E-state index in [1.165, 1.54) is 99.1 Å². The van der Waals surface area contributed by atoms with Crippen molar-refractivity contribution < 1.29 is 9.13 Å². The molecule has 3 heteroatoms. The molecule has 3 aromatic carbocycles. The van der Waals surface area contributed by atoms with Gasteiger partial charge in [0, 0.05) is 34.0 Å². The Morgan fingerprint density at radius 2 is 1.48 bits per heavy atom. The molecule has 0 radical (unpaired) electrons. The summed E-state index contributed by atoms with van der Waals surface area (Å²) in [6.45, 7) is 20.3. The van der Waals surface area contributed by atoms with Crippen LogP contribution in [0.5, 0.6) is 0 Å². The molecule has 5 aromatic rings. The van der Waals surface area contributed by atoms with Crippen LogP contribution in [0.1, 0.15) is 77.4 Å². The van der Waals surface area contributed by atoms with Crippen molar-refractivity contribution in [3.05, 3.63) is 137 Å². The summed E-state index contributed by atoms with van der Waals surface area (Å²) in [5, 5.41) is 1.64. The summed E-state index contributed by atoms with van der Waals surface area (Å²) in [4.78, 5) is 0. The van der Waals surface area contributed by atoms with Crippen LogP contribution >= 0.6 is 0 Å². The van der Waals surface area contributed by atoms with Crippen LogP contribution in [0.2, 0.25) is 19.6 Å². The number of hydrogen-bond acceptors (Lipinski definition) is 0. The average molecular weight is 675 g/mol. The Kier molecular flexibility index (Phi) is 8.54. The number of rotatable bonds is 4. The molecule has 4 heterocycles. The molecule has 254 valence electrons. The summed E-state index contributed by atoms with van der Waals surface area (Å²) < 4.78 is 5.23. The standard InChI is InChI=1S/C47H54N2Si/c1-31-23-32(2)38-21-22-41-39-19-13-14-20-40(39)45-26-37(25-35-15-11-12-16-35)46(50(5,6)7)30-49(45)47(41)34(4)29-48-28-33(3)42(27-44(48)43(38)24-31)36-17-9-8-10-18-36/h8-10,13-14,17-20,23-24,26-28,30,35,41,47H,4,11-12,15-16,21-22,25,29H2,1-3,5-7H3/q+2. The molecule has 0 spiro atoms. The van der Waals surface area contributed by atoms with Crippen LogP contribution in [0, 0.1) is 26.7 Å². The van der Waals surface area contributed by atoms with Crippen LogP contribution in [0.25, 0.3) is 33.6 Å². The molecular weight excluding hydrogens is 621 g/mol. The van der Waals surface area contributed by atoms with Gasteiger partial charge in [0.1, 0.15) is 0 Å². The molecule has 2 aromatic heterocycles. The third kappa shape index (κ3) is 5.92. The van der Waals surface area contributed by atoms with Crippen molar-refractivity contribution in [2.45, 2.75) is 104 Å². The third-order valence-corrected chi connectivity index (χ3v) is 14.2. The molecule has 2 atom stereocenters. The zero-order valence-corrected chi connectivity index (χ0v) is 32.2. The lowest BCUT2D eigenvalue weighted by atomic mass is 9.76. The first-order valence-electron chi connectivity index (χ1n) is 19.1. The lowest BCUT2D eigenvalue weighted by Gasteiger charge is -2.34. The Labute approximate surface area is 301 Å². The minimum atomic E-state index is -1.64. The van der Waals surface area contributed by atoms with Crippen molar-refractivity contribution in [1.29, 1.82) is 0 Å². The van der Waals surface area contributed by atoms with E-state index in [9.17, 15) is 0 Å². The minimum Gasteiger partial charge on any atom is -0.194 e. The molecule has 2 unspecified atom stereocenters. The van der Waals surface area contributed by atoms with Gasteiger partial charge in [-0.2, -0.15) is 9.13 Å². The second-order valence-electron chi connectivity index (χ2n) is 16.8. The summed E-state index contributed by atoms with van der Waals surface area (Å²) in [5.41, 5.74) is 18.0. The maximum Gasteiger partial charge on any atom is 0.213 e. The number of hydrogen-bond donors (Lipinski definition) is 0. The highest BCUT2D eigenvalue weighted by Gasteiger charge is 2.45. The number of allylic oxidation sites excluding steroid dienone is 1. The van der Waals surface area contributed by atoms with E-state index in [1.807, 2.05) is 0 Å². The second kappa shape index (κ2) is 12.9. The maximum absolute atomic E-state index is 5.01. The Morgan fingerprint density at radius 3 is 2.24 bits per heavy atom. The third-order valence-electron chi connectivity index (χ3n) is 12.2. The molecule has 2 aliphatic heterocycles. The van der Waals surface area contributed by atoms with E-state index in [4.69, 9.17) is 6.58 Å². The molecular formula is C47H54N2Si+2. The highest BCUT2D eigenvalue weighted by Crippen LogP contribution is 2.45. The smallest absolute Gasteiger partial charge is 0.194 e. The molecule has 1 aliphatic carbocycles. The molecule has 3 aliphatic rings. The van der Waals surface area contributed by atoms with Gasteiger partial charge in [-0.3, -0.25) is 0 Å². The zero-order chi connectivity index (χ0) is 34.7. The predicted molar refractivity (Wildman–Crippen MR) is 212 cm³/mol. The van der Waals surface area contributed by atoms with Crippen molar-refractivity contribution in [2.24, 2.45) is 5.92 Å². The highest BCUT2D eigenvalue weighted by atomic mass is 28.3. The summed E-state index contributed by atoms with van der Waals surface area (Å²) in [6.07, 6.45) is 14.0. The van der Waals surface area contributed by atoms with Crippen LogP contribution in [0.4, 0.5) is 0 Å². The lowest BCUT2D eigenvalue weighted by Crippen LogP contribution is -2.55. The van der Waals surface area contributed by atoms with Gasteiger partial charge in [0.2, 0.25) is 11.4 Å². The summed E-state index contributed by atoms with van der Waals surface area (Å²) in [5.74, 6) is 1.18. The number of benzene rings is 3. The Morgan fingerprint density at radius 1 is 0.740 bits per heavy atom. The van der Waals surface area contributed by atoms with Gasteiger partial charge in [-0.15, -0.1) is 0 Å². The van der Waals surface area contributed by atoms with Gasteiger partial charge in [-0.05, 0) is 91.5 Å². The number of fused-ring (bicyclic) bond motifs is 9. The van der Waals surface area contributed by atoms with Gasteiger partial charge in [0.15, 0.2) is 25.0 Å². The molecule has 0 bridgehead atoms. The van der Waals surface area contributed by atoms with Gasteiger partial charge in [-0.25, -0.2) is 0 Å². The molecule has 50 heavy (non-hydrogen) atoms. The number of aryl methyl sites for hydroxylation is 3. The first-order chi connectivity index (χ1) is 24.1.